The highest BCUT2D eigenvalue weighted by atomic mass is 32.2. The van der Waals surface area contributed by atoms with E-state index < -0.39 is 10.0 Å². The lowest BCUT2D eigenvalue weighted by Gasteiger charge is -2.37. The predicted molar refractivity (Wildman–Crippen MR) is 84.7 cm³/mol. The van der Waals surface area contributed by atoms with Crippen LogP contribution in [0.5, 0.6) is 0 Å². The monoisotopic (exact) mass is 323 g/mol. The van der Waals surface area contributed by atoms with Crippen molar-refractivity contribution in [2.75, 3.05) is 25.4 Å². The number of amidine groups is 1. The Bertz CT molecular complexity index is 668. The minimum Gasteiger partial charge on any atom is -0.338 e. The highest BCUT2D eigenvalue weighted by molar-refractivity contribution is 7.90. The first kappa shape index (κ1) is 15.3. The normalized spacial score (nSPS) is 30.5. The molecule has 0 bridgehead atoms. The first-order chi connectivity index (χ1) is 10.4. The van der Waals surface area contributed by atoms with Gasteiger partial charge in [-0.2, -0.15) is 0 Å². The van der Waals surface area contributed by atoms with E-state index in [1.807, 2.05) is 4.90 Å². The van der Waals surface area contributed by atoms with Crippen LogP contribution < -0.4 is 0 Å². The van der Waals surface area contributed by atoms with Gasteiger partial charge in [-0.15, -0.1) is 4.40 Å². The average Bonchev–Trinajstić information content (AvgIpc) is 2.44. The molecule has 0 aromatic rings. The predicted octanol–water partition coefficient (Wildman–Crippen LogP) is 0.989. The first-order valence-electron chi connectivity index (χ1n) is 7.63. The summed E-state index contributed by atoms with van der Waals surface area (Å²) in [6.45, 7) is 6.05. The molecule has 2 unspecified atom stereocenters. The molecule has 120 valence electrons. The van der Waals surface area contributed by atoms with E-state index in [0.717, 1.165) is 6.42 Å². The van der Waals surface area contributed by atoms with Gasteiger partial charge in [-0.1, -0.05) is 13.8 Å². The lowest BCUT2D eigenvalue weighted by molar-refractivity contribution is -0.129. The highest BCUT2D eigenvalue weighted by Gasteiger charge is 2.34. The fourth-order valence-electron chi connectivity index (χ4n) is 3.38. The molecule has 1 amide bonds. The van der Waals surface area contributed by atoms with Crippen LogP contribution in [0.3, 0.4) is 0 Å². The van der Waals surface area contributed by atoms with Crippen LogP contribution in [0.15, 0.2) is 28.3 Å². The molecule has 3 heterocycles. The number of hydrogen-bond donors (Lipinski definition) is 0. The van der Waals surface area contributed by atoms with Gasteiger partial charge in [0.1, 0.15) is 0 Å². The van der Waals surface area contributed by atoms with Gasteiger partial charge in [0.25, 0.3) is 15.9 Å². The Labute approximate surface area is 131 Å². The van der Waals surface area contributed by atoms with Gasteiger partial charge >= 0.3 is 0 Å². The molecule has 6 nitrogen and oxygen atoms in total. The second-order valence-electron chi connectivity index (χ2n) is 6.47. The number of allylic oxidation sites excluding steroid dienone is 2. The molecule has 22 heavy (non-hydrogen) atoms. The van der Waals surface area contributed by atoms with Crippen molar-refractivity contribution in [2.24, 2.45) is 16.2 Å². The molecule has 0 aliphatic carbocycles. The van der Waals surface area contributed by atoms with Gasteiger partial charge in [-0.3, -0.25) is 4.79 Å². The maximum atomic E-state index is 12.8. The van der Waals surface area contributed by atoms with Crippen LogP contribution in [0.2, 0.25) is 0 Å². The van der Waals surface area contributed by atoms with Crippen molar-refractivity contribution in [3.63, 3.8) is 0 Å². The molecule has 3 rings (SSSR count). The molecular formula is C15H21N3O3S. The Morgan fingerprint density at radius 3 is 2.64 bits per heavy atom. The number of fused-ring (bicyclic) bond motifs is 1. The van der Waals surface area contributed by atoms with Gasteiger partial charge in [0.2, 0.25) is 0 Å². The van der Waals surface area contributed by atoms with Crippen LogP contribution in [0.25, 0.3) is 0 Å². The number of likely N-dealkylation sites (tertiary alicyclic amines) is 1. The van der Waals surface area contributed by atoms with Gasteiger partial charge in [-0.25, -0.2) is 8.42 Å². The zero-order valence-electron chi connectivity index (χ0n) is 12.9. The number of nitrogens with zero attached hydrogens (tertiary/aromatic N) is 3. The second-order valence-corrected chi connectivity index (χ2v) is 8.23. The van der Waals surface area contributed by atoms with Crippen molar-refractivity contribution < 1.29 is 13.2 Å². The molecule has 1 saturated heterocycles. The third-order valence-electron chi connectivity index (χ3n) is 4.24. The van der Waals surface area contributed by atoms with Crippen LogP contribution in [0.4, 0.5) is 0 Å². The smallest absolute Gasteiger partial charge is 0.257 e. The van der Waals surface area contributed by atoms with E-state index in [4.69, 9.17) is 0 Å². The van der Waals surface area contributed by atoms with Gasteiger partial charge < -0.3 is 9.80 Å². The van der Waals surface area contributed by atoms with Gasteiger partial charge in [0, 0.05) is 25.8 Å². The molecular weight excluding hydrogens is 302 g/mol. The summed E-state index contributed by atoms with van der Waals surface area (Å²) in [6, 6.07) is 0. The minimum atomic E-state index is -3.47. The van der Waals surface area contributed by atoms with Crippen molar-refractivity contribution in [1.29, 1.82) is 0 Å². The molecule has 7 heteroatoms. The Hall–Kier alpha value is -1.63. The van der Waals surface area contributed by atoms with Gasteiger partial charge in [0.05, 0.1) is 11.3 Å². The number of amides is 1. The molecule has 0 radical (unpaired) electrons. The number of rotatable bonds is 1. The van der Waals surface area contributed by atoms with E-state index in [-0.39, 0.29) is 17.5 Å². The standard InChI is InChI=1S/C15H21N3O3S/c1-11-8-12(2)10-18(9-11)15(19)13-4-3-5-17-6-7-22(20,21)16-14(13)17/h3-5,11-12H,6-10H2,1-2H3. The third-order valence-corrected chi connectivity index (χ3v) is 5.39. The van der Waals surface area contributed by atoms with E-state index >= 15 is 0 Å². The fraction of sp³-hybridized carbons (Fsp3) is 0.600. The summed E-state index contributed by atoms with van der Waals surface area (Å²) in [5.41, 5.74) is 0.382. The van der Waals surface area contributed by atoms with E-state index in [1.165, 1.54) is 0 Å². The summed E-state index contributed by atoms with van der Waals surface area (Å²) < 4.78 is 27.3. The molecule has 3 aliphatic rings. The molecule has 1 fully saturated rings. The van der Waals surface area contributed by atoms with Crippen LogP contribution in [0.1, 0.15) is 20.3 Å². The molecule has 2 atom stereocenters. The third kappa shape index (κ3) is 2.95. The summed E-state index contributed by atoms with van der Waals surface area (Å²) in [7, 11) is -3.47. The number of hydrogen-bond acceptors (Lipinski definition) is 4. The highest BCUT2D eigenvalue weighted by Crippen LogP contribution is 2.25. The molecule has 0 spiro atoms. The van der Waals surface area contributed by atoms with Crippen molar-refractivity contribution >= 4 is 21.8 Å². The van der Waals surface area contributed by atoms with Crippen molar-refractivity contribution in [2.45, 2.75) is 20.3 Å². The van der Waals surface area contributed by atoms with Gasteiger partial charge in [-0.05, 0) is 30.4 Å². The lowest BCUT2D eigenvalue weighted by Crippen LogP contribution is -2.47. The summed E-state index contributed by atoms with van der Waals surface area (Å²) >= 11 is 0. The first-order valence-corrected chi connectivity index (χ1v) is 9.24. The van der Waals surface area contributed by atoms with Crippen LogP contribution in [-0.2, 0) is 14.8 Å². The maximum absolute atomic E-state index is 12.8. The number of carbonyl (C=O) groups excluding carboxylic acids is 1. The zero-order valence-corrected chi connectivity index (χ0v) is 13.7. The Morgan fingerprint density at radius 1 is 1.27 bits per heavy atom. The summed E-state index contributed by atoms with van der Waals surface area (Å²) in [5, 5.41) is 0. The molecule has 0 saturated carbocycles. The maximum Gasteiger partial charge on any atom is 0.257 e. The van der Waals surface area contributed by atoms with Crippen molar-refractivity contribution in [3.05, 3.63) is 23.9 Å². The minimum absolute atomic E-state index is 0.0138. The van der Waals surface area contributed by atoms with E-state index in [2.05, 4.69) is 18.2 Å². The van der Waals surface area contributed by atoms with E-state index in [1.54, 1.807) is 23.3 Å². The number of carbonyl (C=O) groups is 1. The lowest BCUT2D eigenvalue weighted by atomic mass is 9.91. The quantitative estimate of drug-likeness (QED) is 0.721. The van der Waals surface area contributed by atoms with Crippen LogP contribution in [0, 0.1) is 11.8 Å². The molecule has 0 aromatic carbocycles. The van der Waals surface area contributed by atoms with Crippen molar-refractivity contribution in [3.8, 4) is 0 Å². The van der Waals surface area contributed by atoms with E-state index in [9.17, 15) is 13.2 Å². The summed E-state index contributed by atoms with van der Waals surface area (Å²) in [6.07, 6.45) is 6.33. The zero-order chi connectivity index (χ0) is 15.9. The number of sulfonamides is 1. The van der Waals surface area contributed by atoms with Crippen LogP contribution in [-0.4, -0.2) is 55.3 Å². The average molecular weight is 323 g/mol. The molecule has 0 aromatic heterocycles. The van der Waals surface area contributed by atoms with Crippen LogP contribution >= 0.6 is 0 Å². The Balaban J connectivity index is 1.90. The SMILES string of the molecule is CC1CC(C)CN(C(=O)C2=CC=CN3CCS(=O)(=O)N=C23)C1. The summed E-state index contributed by atoms with van der Waals surface area (Å²) in [4.78, 5) is 16.4. The fourth-order valence-corrected chi connectivity index (χ4v) is 4.37. The summed E-state index contributed by atoms with van der Waals surface area (Å²) in [5.74, 6) is 1.05. The second kappa shape index (κ2) is 5.53. The number of piperidine rings is 1. The molecule has 3 aliphatic heterocycles. The van der Waals surface area contributed by atoms with E-state index in [0.29, 0.717) is 37.0 Å². The Morgan fingerprint density at radius 2 is 1.95 bits per heavy atom. The largest absolute Gasteiger partial charge is 0.338 e. The molecule has 0 N–H and O–H groups in total. The Kier molecular flexibility index (Phi) is 3.84. The topological polar surface area (TPSA) is 70.1 Å². The van der Waals surface area contributed by atoms with Gasteiger partial charge in [0.15, 0.2) is 5.84 Å². The van der Waals surface area contributed by atoms with Crippen molar-refractivity contribution in [1.82, 2.24) is 9.80 Å².